The summed E-state index contributed by atoms with van der Waals surface area (Å²) in [7, 11) is 0. The maximum atomic E-state index is 13.4. The molecular weight excluding hydrogens is 418 g/mol. The van der Waals surface area contributed by atoms with E-state index >= 15 is 0 Å². The molecule has 0 aliphatic carbocycles. The van der Waals surface area contributed by atoms with Crippen molar-refractivity contribution in [1.29, 1.82) is 0 Å². The fourth-order valence-electron chi connectivity index (χ4n) is 4.97. The quantitative estimate of drug-likeness (QED) is 0.592. The number of para-hydroxylation sites is 1. The highest BCUT2D eigenvalue weighted by atomic mass is 32.2. The second-order valence-electron chi connectivity index (χ2n) is 9.09. The van der Waals surface area contributed by atoms with Gasteiger partial charge in [0, 0.05) is 36.1 Å². The Labute approximate surface area is 196 Å². The number of amides is 1. The van der Waals surface area contributed by atoms with Crippen molar-refractivity contribution in [2.24, 2.45) is 0 Å². The lowest BCUT2D eigenvalue weighted by Crippen LogP contribution is -2.44. The van der Waals surface area contributed by atoms with E-state index in [4.69, 9.17) is 5.73 Å². The van der Waals surface area contributed by atoms with Crippen LogP contribution in [-0.2, 0) is 11.2 Å². The third-order valence-electron chi connectivity index (χ3n) is 6.74. The molecule has 3 heterocycles. The van der Waals surface area contributed by atoms with Crippen molar-refractivity contribution >= 4 is 29.2 Å². The monoisotopic (exact) mass is 453 g/mol. The third kappa shape index (κ3) is 5.44. The molecule has 2 aliphatic rings. The molecule has 1 aromatic carbocycles. The average Bonchev–Trinajstić information content (AvgIpc) is 2.77. The normalized spacial score (nSPS) is 23.9. The Bertz CT molecular complexity index is 913. The van der Waals surface area contributed by atoms with Gasteiger partial charge in [0.2, 0.25) is 5.91 Å². The van der Waals surface area contributed by atoms with Gasteiger partial charge in [0.15, 0.2) is 0 Å². The number of unbranched alkanes of at least 4 members (excludes halogenated alkanes) is 2. The number of benzene rings is 1. The molecule has 32 heavy (non-hydrogen) atoms. The molecule has 172 valence electrons. The predicted octanol–water partition coefficient (Wildman–Crippen LogP) is 4.54. The van der Waals surface area contributed by atoms with Crippen LogP contribution >= 0.6 is 11.8 Å². The van der Waals surface area contributed by atoms with Gasteiger partial charge in [0.1, 0.15) is 11.6 Å². The molecular formula is C25H35N5OS. The van der Waals surface area contributed by atoms with E-state index in [9.17, 15) is 4.79 Å². The standard InChI is InChI=1S/C25H35N5OS/c1-18-9-8-10-19(2)29(18)15-6-3-7-16-30-20-11-4-5-12-21(20)32-22(25(30)31)17-24-27-14-13-23(26)28-24/h4-5,11-14,18-19,22H,3,6-10,15-17H2,1-2H3,(H2,26,27,28)/t18-,19+,22?. The minimum atomic E-state index is -0.221. The number of fused-ring (bicyclic) bond motifs is 1. The minimum absolute atomic E-state index is 0.151. The molecule has 1 fully saturated rings. The lowest BCUT2D eigenvalue weighted by molar-refractivity contribution is -0.118. The van der Waals surface area contributed by atoms with Crippen LogP contribution in [0.3, 0.4) is 0 Å². The number of piperidine rings is 1. The smallest absolute Gasteiger partial charge is 0.240 e. The highest BCUT2D eigenvalue weighted by molar-refractivity contribution is 8.01. The number of carbonyl (C=O) groups is 1. The Kier molecular flexibility index (Phi) is 7.68. The Morgan fingerprint density at radius 2 is 1.81 bits per heavy atom. The predicted molar refractivity (Wildman–Crippen MR) is 132 cm³/mol. The van der Waals surface area contributed by atoms with E-state index in [0.717, 1.165) is 36.5 Å². The second kappa shape index (κ2) is 10.7. The lowest BCUT2D eigenvalue weighted by atomic mass is 9.97. The van der Waals surface area contributed by atoms with Crippen molar-refractivity contribution < 1.29 is 4.79 Å². The first-order valence-electron chi connectivity index (χ1n) is 11.9. The summed E-state index contributed by atoms with van der Waals surface area (Å²) >= 11 is 1.61. The first-order chi connectivity index (χ1) is 15.5. The van der Waals surface area contributed by atoms with Gasteiger partial charge in [-0.25, -0.2) is 9.97 Å². The summed E-state index contributed by atoms with van der Waals surface area (Å²) in [5, 5.41) is -0.221. The van der Waals surface area contributed by atoms with E-state index in [1.807, 2.05) is 17.0 Å². The summed E-state index contributed by atoms with van der Waals surface area (Å²) in [6.07, 6.45) is 9.48. The highest BCUT2D eigenvalue weighted by Gasteiger charge is 2.33. The Morgan fingerprint density at radius 1 is 1.06 bits per heavy atom. The zero-order valence-electron chi connectivity index (χ0n) is 19.2. The second-order valence-corrected chi connectivity index (χ2v) is 10.3. The van der Waals surface area contributed by atoms with E-state index < -0.39 is 0 Å². The van der Waals surface area contributed by atoms with Crippen LogP contribution in [0.1, 0.15) is 58.2 Å². The molecule has 1 unspecified atom stereocenters. The summed E-state index contributed by atoms with van der Waals surface area (Å²) in [5.74, 6) is 1.22. The number of nitrogen functional groups attached to an aromatic ring is 1. The number of rotatable bonds is 8. The molecule has 1 aromatic heterocycles. The van der Waals surface area contributed by atoms with Gasteiger partial charge in [-0.15, -0.1) is 11.8 Å². The van der Waals surface area contributed by atoms with Crippen LogP contribution in [0.15, 0.2) is 41.4 Å². The van der Waals surface area contributed by atoms with Crippen molar-refractivity contribution in [2.75, 3.05) is 23.7 Å². The van der Waals surface area contributed by atoms with Crippen molar-refractivity contribution in [3.05, 3.63) is 42.4 Å². The molecule has 0 spiro atoms. The largest absolute Gasteiger partial charge is 0.384 e. The summed E-state index contributed by atoms with van der Waals surface area (Å²) in [5.41, 5.74) is 6.84. The Balaban J connectivity index is 1.35. The summed E-state index contributed by atoms with van der Waals surface area (Å²) in [4.78, 5) is 27.8. The molecule has 4 rings (SSSR count). The van der Waals surface area contributed by atoms with Gasteiger partial charge in [-0.05, 0) is 64.3 Å². The molecule has 0 bridgehead atoms. The zero-order valence-corrected chi connectivity index (χ0v) is 20.1. The number of hydrogen-bond donors (Lipinski definition) is 1. The fraction of sp³-hybridized carbons (Fsp3) is 0.560. The number of thioether (sulfide) groups is 1. The number of likely N-dealkylation sites (tertiary alicyclic amines) is 1. The lowest BCUT2D eigenvalue weighted by Gasteiger charge is -2.39. The molecule has 1 saturated heterocycles. The number of aromatic nitrogens is 2. The molecule has 7 heteroatoms. The number of nitrogens with two attached hydrogens (primary N) is 1. The van der Waals surface area contributed by atoms with Crippen molar-refractivity contribution in [1.82, 2.24) is 14.9 Å². The molecule has 0 radical (unpaired) electrons. The molecule has 2 aliphatic heterocycles. The fourth-order valence-corrected chi connectivity index (χ4v) is 6.19. The third-order valence-corrected chi connectivity index (χ3v) is 7.99. The summed E-state index contributed by atoms with van der Waals surface area (Å²) < 4.78 is 0. The van der Waals surface area contributed by atoms with Crippen molar-refractivity contribution in [3.8, 4) is 0 Å². The first-order valence-corrected chi connectivity index (χ1v) is 12.8. The molecule has 2 N–H and O–H groups in total. The van der Waals surface area contributed by atoms with E-state index in [0.29, 0.717) is 30.1 Å². The van der Waals surface area contributed by atoms with Crippen LogP contribution in [0.4, 0.5) is 11.5 Å². The van der Waals surface area contributed by atoms with Gasteiger partial charge in [0.25, 0.3) is 0 Å². The Morgan fingerprint density at radius 3 is 2.59 bits per heavy atom. The van der Waals surface area contributed by atoms with Gasteiger partial charge in [-0.2, -0.15) is 0 Å². The van der Waals surface area contributed by atoms with Gasteiger partial charge >= 0.3 is 0 Å². The van der Waals surface area contributed by atoms with Crippen LogP contribution in [0, 0.1) is 0 Å². The average molecular weight is 454 g/mol. The highest BCUT2D eigenvalue weighted by Crippen LogP contribution is 2.40. The maximum Gasteiger partial charge on any atom is 0.240 e. The van der Waals surface area contributed by atoms with Gasteiger partial charge in [0.05, 0.1) is 10.9 Å². The summed E-state index contributed by atoms with van der Waals surface area (Å²) in [6, 6.07) is 11.3. The van der Waals surface area contributed by atoms with Gasteiger partial charge in [-0.3, -0.25) is 9.69 Å². The van der Waals surface area contributed by atoms with Crippen LogP contribution in [0.25, 0.3) is 0 Å². The van der Waals surface area contributed by atoms with Gasteiger partial charge < -0.3 is 10.6 Å². The molecule has 3 atom stereocenters. The Hall–Kier alpha value is -2.12. The number of anilines is 2. The van der Waals surface area contributed by atoms with Crippen LogP contribution in [0.5, 0.6) is 0 Å². The van der Waals surface area contributed by atoms with E-state index in [2.05, 4.69) is 40.8 Å². The molecule has 1 amide bonds. The maximum absolute atomic E-state index is 13.4. The molecule has 2 aromatic rings. The number of carbonyl (C=O) groups excluding carboxylic acids is 1. The van der Waals surface area contributed by atoms with Crippen molar-refractivity contribution in [2.45, 2.75) is 81.0 Å². The van der Waals surface area contributed by atoms with Crippen molar-refractivity contribution in [3.63, 3.8) is 0 Å². The van der Waals surface area contributed by atoms with Crippen LogP contribution < -0.4 is 10.6 Å². The number of nitrogens with zero attached hydrogens (tertiary/aromatic N) is 4. The first kappa shape index (κ1) is 23.1. The van der Waals surface area contributed by atoms with E-state index in [-0.39, 0.29) is 11.2 Å². The zero-order chi connectivity index (χ0) is 22.5. The number of hydrogen-bond acceptors (Lipinski definition) is 6. The van der Waals surface area contributed by atoms with Crippen LogP contribution in [-0.4, -0.2) is 51.2 Å². The minimum Gasteiger partial charge on any atom is -0.384 e. The molecule has 6 nitrogen and oxygen atoms in total. The molecule has 0 saturated carbocycles. The summed E-state index contributed by atoms with van der Waals surface area (Å²) in [6.45, 7) is 6.65. The van der Waals surface area contributed by atoms with E-state index in [1.54, 1.807) is 24.0 Å². The van der Waals surface area contributed by atoms with Crippen LogP contribution in [0.2, 0.25) is 0 Å². The van der Waals surface area contributed by atoms with E-state index in [1.165, 1.54) is 25.7 Å². The van der Waals surface area contributed by atoms with Gasteiger partial charge in [-0.1, -0.05) is 25.0 Å². The SMILES string of the molecule is C[C@@H]1CCC[C@H](C)N1CCCCCN1C(=O)C(Cc2nccc(N)n2)Sc2ccccc21. The topological polar surface area (TPSA) is 75.3 Å².